The van der Waals surface area contributed by atoms with Crippen LogP contribution < -0.4 is 5.32 Å². The summed E-state index contributed by atoms with van der Waals surface area (Å²) in [6.45, 7) is 1.08. The standard InChI is InChI=1S/C31H27F5N2O2/c1-29(33,31(34,35)36)20-8-11-25-19(14-20)15-26-30(25,16-18-6-9-21(32)10-7-18)12-13-38(26)28(40)24-17-37-27(39)23-5-3-2-4-22(23)24/h2-11,14,24,26H,12-13,15-17H2,1H3,(H,37,39). The third-order valence-corrected chi connectivity index (χ3v) is 9.00. The van der Waals surface area contributed by atoms with Gasteiger partial charge in [-0.2, -0.15) is 13.2 Å². The smallest absolute Gasteiger partial charge is 0.351 e. The highest BCUT2D eigenvalue weighted by Crippen LogP contribution is 2.53. The van der Waals surface area contributed by atoms with Crippen LogP contribution in [0.4, 0.5) is 22.0 Å². The molecular formula is C31H27F5N2O2. The Morgan fingerprint density at radius 1 is 1.05 bits per heavy atom. The van der Waals surface area contributed by atoms with Crippen molar-refractivity contribution in [2.45, 2.75) is 55.4 Å². The van der Waals surface area contributed by atoms with Gasteiger partial charge < -0.3 is 10.2 Å². The quantitative estimate of drug-likeness (QED) is 0.419. The maximum Gasteiger partial charge on any atom is 0.426 e. The minimum Gasteiger partial charge on any atom is -0.351 e. The summed E-state index contributed by atoms with van der Waals surface area (Å²) in [5.41, 5.74) is -1.35. The molecule has 1 aliphatic carbocycles. The average Bonchev–Trinajstić information content (AvgIpc) is 3.42. The van der Waals surface area contributed by atoms with Crippen LogP contribution in [-0.2, 0) is 28.7 Å². The van der Waals surface area contributed by atoms with Gasteiger partial charge in [-0.3, -0.25) is 9.59 Å². The lowest BCUT2D eigenvalue weighted by atomic mass is 9.73. The Kier molecular flexibility index (Phi) is 6.05. The van der Waals surface area contributed by atoms with Gasteiger partial charge in [-0.25, -0.2) is 8.78 Å². The molecule has 3 aromatic rings. The predicted octanol–water partition coefficient (Wildman–Crippen LogP) is 5.74. The number of hydrogen-bond donors (Lipinski definition) is 1. The minimum atomic E-state index is -5.08. The lowest BCUT2D eigenvalue weighted by Crippen LogP contribution is -2.49. The first-order valence-electron chi connectivity index (χ1n) is 13.2. The van der Waals surface area contributed by atoms with E-state index in [1.54, 1.807) is 47.4 Å². The van der Waals surface area contributed by atoms with Crippen LogP contribution >= 0.6 is 0 Å². The van der Waals surface area contributed by atoms with Crippen molar-refractivity contribution in [1.82, 2.24) is 10.2 Å². The van der Waals surface area contributed by atoms with Gasteiger partial charge in [-0.15, -0.1) is 0 Å². The summed E-state index contributed by atoms with van der Waals surface area (Å²) in [4.78, 5) is 28.2. The van der Waals surface area contributed by atoms with Crippen LogP contribution in [-0.4, -0.2) is 42.0 Å². The first-order valence-corrected chi connectivity index (χ1v) is 13.2. The predicted molar refractivity (Wildman–Crippen MR) is 138 cm³/mol. The summed E-state index contributed by atoms with van der Waals surface area (Å²) in [7, 11) is 0. The van der Waals surface area contributed by atoms with Gasteiger partial charge in [0.25, 0.3) is 5.91 Å². The van der Waals surface area contributed by atoms with Gasteiger partial charge in [-0.05, 0) is 72.2 Å². The van der Waals surface area contributed by atoms with E-state index < -0.39 is 34.8 Å². The van der Waals surface area contributed by atoms with Gasteiger partial charge in [0.05, 0.1) is 5.92 Å². The highest BCUT2D eigenvalue weighted by Gasteiger charge is 2.57. The van der Waals surface area contributed by atoms with Crippen molar-refractivity contribution < 1.29 is 31.5 Å². The van der Waals surface area contributed by atoms with Crippen molar-refractivity contribution in [3.63, 3.8) is 0 Å². The summed E-state index contributed by atoms with van der Waals surface area (Å²) in [6, 6.07) is 16.7. The Morgan fingerprint density at radius 2 is 1.77 bits per heavy atom. The molecule has 4 nitrogen and oxygen atoms in total. The van der Waals surface area contributed by atoms with E-state index in [9.17, 15) is 31.5 Å². The van der Waals surface area contributed by atoms with Gasteiger partial charge in [-0.1, -0.05) is 48.5 Å². The first kappa shape index (κ1) is 26.5. The number of benzene rings is 3. The Bertz CT molecular complexity index is 1500. The second-order valence-electron chi connectivity index (χ2n) is 11.2. The van der Waals surface area contributed by atoms with Crippen LogP contribution in [0.2, 0.25) is 0 Å². The molecule has 6 rings (SSSR count). The van der Waals surface area contributed by atoms with Crippen LogP contribution in [0, 0.1) is 5.82 Å². The van der Waals surface area contributed by atoms with Crippen molar-refractivity contribution in [2.24, 2.45) is 0 Å². The molecule has 3 aromatic carbocycles. The van der Waals surface area contributed by atoms with Gasteiger partial charge in [0, 0.05) is 30.1 Å². The number of nitrogens with zero attached hydrogens (tertiary/aromatic N) is 1. The number of likely N-dealkylation sites (tertiary alicyclic amines) is 1. The molecule has 4 unspecified atom stereocenters. The highest BCUT2D eigenvalue weighted by atomic mass is 19.4. The third kappa shape index (κ3) is 4.00. The number of carbonyl (C=O) groups excluding carboxylic acids is 2. The molecule has 0 saturated carbocycles. The Hall–Kier alpha value is -3.75. The second kappa shape index (κ2) is 9.14. The number of nitrogens with one attached hydrogen (secondary N) is 1. The van der Waals surface area contributed by atoms with E-state index in [0.29, 0.717) is 43.0 Å². The molecule has 40 heavy (non-hydrogen) atoms. The monoisotopic (exact) mass is 554 g/mol. The van der Waals surface area contributed by atoms with Crippen molar-refractivity contribution in [3.8, 4) is 0 Å². The molecule has 0 radical (unpaired) electrons. The van der Waals surface area contributed by atoms with Crippen LogP contribution in [0.15, 0.2) is 66.7 Å². The zero-order valence-corrected chi connectivity index (χ0v) is 21.7. The maximum atomic E-state index is 14.9. The number of carbonyl (C=O) groups is 2. The summed E-state index contributed by atoms with van der Waals surface area (Å²) >= 11 is 0. The van der Waals surface area contributed by atoms with E-state index in [1.807, 2.05) is 0 Å². The fourth-order valence-electron chi connectivity index (χ4n) is 6.83. The SMILES string of the molecule is CC(F)(c1ccc2c(c1)CC1N(C(=O)C3CNC(=O)c4ccccc43)CCC21Cc1ccc(F)cc1)C(F)(F)F. The Labute approximate surface area is 228 Å². The average molecular weight is 555 g/mol. The number of alkyl halides is 4. The van der Waals surface area contributed by atoms with Crippen molar-refractivity contribution in [1.29, 1.82) is 0 Å². The molecule has 0 spiro atoms. The highest BCUT2D eigenvalue weighted by molar-refractivity contribution is 6.00. The lowest BCUT2D eigenvalue weighted by molar-refractivity contribution is -0.228. The molecule has 2 amide bonds. The largest absolute Gasteiger partial charge is 0.426 e. The summed E-state index contributed by atoms with van der Waals surface area (Å²) < 4.78 is 69.2. The number of fused-ring (bicyclic) bond motifs is 4. The lowest BCUT2D eigenvalue weighted by Gasteiger charge is -2.36. The van der Waals surface area contributed by atoms with Gasteiger partial charge >= 0.3 is 6.18 Å². The second-order valence-corrected chi connectivity index (χ2v) is 11.2. The fraction of sp³-hybridized carbons (Fsp3) is 0.355. The normalized spacial score (nSPS) is 25.1. The van der Waals surface area contributed by atoms with Crippen molar-refractivity contribution >= 4 is 11.8 Å². The molecule has 0 bridgehead atoms. The molecule has 0 aromatic heterocycles. The number of amides is 2. The number of halogens is 5. The molecule has 3 aliphatic rings. The first-order chi connectivity index (χ1) is 18.9. The van der Waals surface area contributed by atoms with E-state index in [-0.39, 0.29) is 30.6 Å². The van der Waals surface area contributed by atoms with E-state index in [1.165, 1.54) is 24.3 Å². The Balaban J connectivity index is 1.40. The summed E-state index contributed by atoms with van der Waals surface area (Å²) in [6.07, 6.45) is -3.83. The summed E-state index contributed by atoms with van der Waals surface area (Å²) in [5.74, 6) is -1.40. The van der Waals surface area contributed by atoms with Crippen LogP contribution in [0.3, 0.4) is 0 Å². The molecule has 2 heterocycles. The van der Waals surface area contributed by atoms with E-state index in [4.69, 9.17) is 0 Å². The fourth-order valence-corrected chi connectivity index (χ4v) is 6.83. The zero-order chi connectivity index (χ0) is 28.4. The molecule has 1 saturated heterocycles. The van der Waals surface area contributed by atoms with E-state index >= 15 is 0 Å². The summed E-state index contributed by atoms with van der Waals surface area (Å²) in [5, 5.41) is 2.79. The molecule has 2 aliphatic heterocycles. The molecule has 1 fully saturated rings. The van der Waals surface area contributed by atoms with Gasteiger partial charge in [0.1, 0.15) is 5.82 Å². The van der Waals surface area contributed by atoms with Crippen LogP contribution in [0.1, 0.15) is 57.4 Å². The third-order valence-electron chi connectivity index (χ3n) is 9.00. The minimum absolute atomic E-state index is 0.145. The molecule has 1 N–H and O–H groups in total. The topological polar surface area (TPSA) is 49.4 Å². The van der Waals surface area contributed by atoms with Crippen molar-refractivity contribution in [3.05, 3.63) is 106 Å². The van der Waals surface area contributed by atoms with Crippen molar-refractivity contribution in [2.75, 3.05) is 13.1 Å². The number of rotatable bonds is 4. The van der Waals surface area contributed by atoms with Crippen LogP contribution in [0.25, 0.3) is 0 Å². The Morgan fingerprint density at radius 3 is 2.50 bits per heavy atom. The van der Waals surface area contributed by atoms with Gasteiger partial charge in [0.2, 0.25) is 11.6 Å². The van der Waals surface area contributed by atoms with Gasteiger partial charge in [0.15, 0.2) is 0 Å². The molecule has 208 valence electrons. The molecule has 9 heteroatoms. The van der Waals surface area contributed by atoms with E-state index in [0.717, 1.165) is 11.1 Å². The molecule has 4 atom stereocenters. The number of hydrogen-bond acceptors (Lipinski definition) is 2. The maximum absolute atomic E-state index is 14.9. The van der Waals surface area contributed by atoms with E-state index in [2.05, 4.69) is 5.32 Å². The van der Waals surface area contributed by atoms with Crippen LogP contribution in [0.5, 0.6) is 0 Å². The zero-order valence-electron chi connectivity index (χ0n) is 21.7. The molecular weight excluding hydrogens is 527 g/mol.